The van der Waals surface area contributed by atoms with Gasteiger partial charge in [0.25, 0.3) is 0 Å². The van der Waals surface area contributed by atoms with Gasteiger partial charge in [-0.2, -0.15) is 0 Å². The van der Waals surface area contributed by atoms with Crippen molar-refractivity contribution in [1.82, 2.24) is 5.32 Å². The molecule has 0 saturated heterocycles. The third-order valence-corrected chi connectivity index (χ3v) is 2.34. The topological polar surface area (TPSA) is 92.4 Å². The summed E-state index contributed by atoms with van der Waals surface area (Å²) in [5.74, 6) is -1.17. The molecule has 0 aromatic rings. The van der Waals surface area contributed by atoms with E-state index in [1.165, 1.54) is 0 Å². The van der Waals surface area contributed by atoms with Crippen molar-refractivity contribution in [2.75, 3.05) is 6.54 Å². The van der Waals surface area contributed by atoms with Gasteiger partial charge < -0.3 is 16.2 Å². The Bertz CT molecular complexity index is 219. The summed E-state index contributed by atoms with van der Waals surface area (Å²) >= 11 is 0. The second kappa shape index (κ2) is 9.15. The fourth-order valence-corrected chi connectivity index (χ4v) is 1.38. The highest BCUT2D eigenvalue weighted by Gasteiger charge is 2.18. The van der Waals surface area contributed by atoms with Gasteiger partial charge in [-0.1, -0.05) is 19.8 Å². The van der Waals surface area contributed by atoms with E-state index in [1.807, 2.05) is 0 Å². The Kier molecular flexibility index (Phi) is 8.52. The SMILES string of the molecule is CCCCCC(=O)N[C@@H](CCCN)C(=O)O. The molecule has 0 fully saturated rings. The highest BCUT2D eigenvalue weighted by molar-refractivity contribution is 5.83. The average molecular weight is 230 g/mol. The molecule has 16 heavy (non-hydrogen) atoms. The van der Waals surface area contributed by atoms with E-state index in [4.69, 9.17) is 10.8 Å². The first kappa shape index (κ1) is 14.9. The molecular weight excluding hydrogens is 208 g/mol. The van der Waals surface area contributed by atoms with Crippen LogP contribution in [0.5, 0.6) is 0 Å². The van der Waals surface area contributed by atoms with Gasteiger partial charge >= 0.3 is 5.97 Å². The van der Waals surface area contributed by atoms with E-state index in [0.717, 1.165) is 19.3 Å². The lowest BCUT2D eigenvalue weighted by Gasteiger charge is -2.13. The molecule has 0 radical (unpaired) electrons. The molecule has 4 N–H and O–H groups in total. The number of rotatable bonds is 9. The number of amides is 1. The molecule has 5 nitrogen and oxygen atoms in total. The smallest absolute Gasteiger partial charge is 0.326 e. The fourth-order valence-electron chi connectivity index (χ4n) is 1.38. The average Bonchev–Trinajstić information content (AvgIpc) is 2.24. The van der Waals surface area contributed by atoms with E-state index in [-0.39, 0.29) is 5.91 Å². The first-order chi connectivity index (χ1) is 7.61. The second-order valence-electron chi connectivity index (χ2n) is 3.85. The predicted molar refractivity (Wildman–Crippen MR) is 62.0 cm³/mol. The highest BCUT2D eigenvalue weighted by Crippen LogP contribution is 2.01. The molecule has 0 aliphatic carbocycles. The molecule has 0 aromatic heterocycles. The Balaban J connectivity index is 3.88. The van der Waals surface area contributed by atoms with E-state index in [1.54, 1.807) is 0 Å². The molecular formula is C11H22N2O3. The summed E-state index contributed by atoms with van der Waals surface area (Å²) in [6, 6.07) is -0.794. The lowest BCUT2D eigenvalue weighted by Crippen LogP contribution is -2.40. The number of carbonyl (C=O) groups is 2. The molecule has 5 heteroatoms. The summed E-state index contributed by atoms with van der Waals surface area (Å²) in [5.41, 5.74) is 5.30. The molecule has 0 rings (SSSR count). The number of nitrogens with one attached hydrogen (secondary N) is 1. The van der Waals surface area contributed by atoms with Gasteiger partial charge in [-0.05, 0) is 25.8 Å². The van der Waals surface area contributed by atoms with Crippen molar-refractivity contribution in [2.24, 2.45) is 5.73 Å². The van der Waals surface area contributed by atoms with Crippen LogP contribution in [0.15, 0.2) is 0 Å². The normalized spacial score (nSPS) is 12.1. The third-order valence-electron chi connectivity index (χ3n) is 2.34. The number of hydrogen-bond donors (Lipinski definition) is 3. The Morgan fingerprint density at radius 2 is 2.00 bits per heavy atom. The second-order valence-corrected chi connectivity index (χ2v) is 3.85. The minimum atomic E-state index is -0.989. The van der Waals surface area contributed by atoms with Crippen LogP contribution in [0.2, 0.25) is 0 Å². The van der Waals surface area contributed by atoms with Crippen LogP contribution in [0.4, 0.5) is 0 Å². The molecule has 1 amide bonds. The van der Waals surface area contributed by atoms with Crippen LogP contribution in [-0.2, 0) is 9.59 Å². The van der Waals surface area contributed by atoms with E-state index in [2.05, 4.69) is 12.2 Å². The van der Waals surface area contributed by atoms with Crippen molar-refractivity contribution >= 4 is 11.9 Å². The quantitative estimate of drug-likeness (QED) is 0.512. The largest absolute Gasteiger partial charge is 0.480 e. The van der Waals surface area contributed by atoms with Gasteiger partial charge in [-0.15, -0.1) is 0 Å². The molecule has 1 atom stereocenters. The van der Waals surface area contributed by atoms with Gasteiger partial charge in [0.05, 0.1) is 0 Å². The maximum atomic E-state index is 11.4. The van der Waals surface area contributed by atoms with Crippen LogP contribution < -0.4 is 11.1 Å². The fraction of sp³-hybridized carbons (Fsp3) is 0.818. The summed E-state index contributed by atoms with van der Waals surface area (Å²) in [6.07, 6.45) is 4.25. The Hall–Kier alpha value is -1.10. The summed E-state index contributed by atoms with van der Waals surface area (Å²) in [4.78, 5) is 22.2. The first-order valence-electron chi connectivity index (χ1n) is 5.84. The number of carboxylic acids is 1. The van der Waals surface area contributed by atoms with Gasteiger partial charge in [-0.3, -0.25) is 4.79 Å². The van der Waals surface area contributed by atoms with Gasteiger partial charge in [0.15, 0.2) is 0 Å². The molecule has 0 aliphatic heterocycles. The first-order valence-corrected chi connectivity index (χ1v) is 5.84. The number of nitrogens with two attached hydrogens (primary N) is 1. The monoisotopic (exact) mass is 230 g/mol. The van der Waals surface area contributed by atoms with Gasteiger partial charge in [-0.25, -0.2) is 4.79 Å². The summed E-state index contributed by atoms with van der Waals surface area (Å²) in [5, 5.41) is 11.4. The molecule has 0 aromatic carbocycles. The summed E-state index contributed by atoms with van der Waals surface area (Å²) in [7, 11) is 0. The van der Waals surface area contributed by atoms with Crippen LogP contribution in [0.25, 0.3) is 0 Å². The van der Waals surface area contributed by atoms with E-state index < -0.39 is 12.0 Å². The Morgan fingerprint density at radius 3 is 2.50 bits per heavy atom. The highest BCUT2D eigenvalue weighted by atomic mass is 16.4. The maximum Gasteiger partial charge on any atom is 0.326 e. The van der Waals surface area contributed by atoms with Gasteiger partial charge in [0, 0.05) is 6.42 Å². The predicted octanol–water partition coefficient (Wildman–Crippen LogP) is 0.875. The van der Waals surface area contributed by atoms with Crippen LogP contribution in [-0.4, -0.2) is 29.6 Å². The zero-order chi connectivity index (χ0) is 12.4. The standard InChI is InChI=1S/C11H22N2O3/c1-2-3-4-7-10(14)13-9(11(15)16)6-5-8-12/h9H,2-8,12H2,1H3,(H,13,14)(H,15,16)/t9-/m0/s1. The van der Waals surface area contributed by atoms with E-state index in [9.17, 15) is 9.59 Å². The number of carboxylic acid groups (broad SMARTS) is 1. The number of hydrogen-bond acceptors (Lipinski definition) is 3. The number of aliphatic carboxylic acids is 1. The van der Waals surface area contributed by atoms with Crippen molar-refractivity contribution in [3.8, 4) is 0 Å². The van der Waals surface area contributed by atoms with Crippen molar-refractivity contribution in [2.45, 2.75) is 51.5 Å². The molecule has 94 valence electrons. The minimum Gasteiger partial charge on any atom is -0.480 e. The third kappa shape index (κ3) is 7.23. The summed E-state index contributed by atoms with van der Waals surface area (Å²) in [6.45, 7) is 2.49. The lowest BCUT2D eigenvalue weighted by atomic mass is 10.1. The molecule has 0 saturated carbocycles. The molecule has 0 heterocycles. The van der Waals surface area contributed by atoms with Crippen LogP contribution in [0.3, 0.4) is 0 Å². The van der Waals surface area contributed by atoms with Crippen LogP contribution in [0.1, 0.15) is 45.4 Å². The molecule has 0 bridgehead atoms. The molecule has 0 aliphatic rings. The number of unbranched alkanes of at least 4 members (excludes halogenated alkanes) is 2. The lowest BCUT2D eigenvalue weighted by molar-refractivity contribution is -0.142. The van der Waals surface area contributed by atoms with Crippen LogP contribution in [0, 0.1) is 0 Å². The zero-order valence-electron chi connectivity index (χ0n) is 9.87. The minimum absolute atomic E-state index is 0.183. The van der Waals surface area contributed by atoms with E-state index in [0.29, 0.717) is 25.8 Å². The van der Waals surface area contributed by atoms with Crippen molar-refractivity contribution < 1.29 is 14.7 Å². The Labute approximate surface area is 96.4 Å². The van der Waals surface area contributed by atoms with E-state index >= 15 is 0 Å². The molecule has 0 unspecified atom stereocenters. The summed E-state index contributed by atoms with van der Waals surface area (Å²) < 4.78 is 0. The number of carbonyl (C=O) groups excluding carboxylic acids is 1. The van der Waals surface area contributed by atoms with Crippen molar-refractivity contribution in [3.63, 3.8) is 0 Å². The van der Waals surface area contributed by atoms with Crippen molar-refractivity contribution in [3.05, 3.63) is 0 Å². The van der Waals surface area contributed by atoms with Gasteiger partial charge in [0.2, 0.25) is 5.91 Å². The Morgan fingerprint density at radius 1 is 1.31 bits per heavy atom. The van der Waals surface area contributed by atoms with Gasteiger partial charge in [0.1, 0.15) is 6.04 Å². The van der Waals surface area contributed by atoms with Crippen molar-refractivity contribution in [1.29, 1.82) is 0 Å². The maximum absolute atomic E-state index is 11.4. The zero-order valence-corrected chi connectivity index (χ0v) is 9.87. The van der Waals surface area contributed by atoms with Crippen LogP contribution >= 0.6 is 0 Å². The molecule has 0 spiro atoms.